The van der Waals surface area contributed by atoms with Gasteiger partial charge in [-0.3, -0.25) is 4.79 Å². The first-order valence-corrected chi connectivity index (χ1v) is 24.0. The van der Waals surface area contributed by atoms with E-state index < -0.39 is 49.5 Å². The number of aliphatic hydroxyl groups is 5. The second-order valence-corrected chi connectivity index (χ2v) is 16.5. The van der Waals surface area contributed by atoms with Crippen LogP contribution in [0.25, 0.3) is 0 Å². The Morgan fingerprint density at radius 3 is 1.56 bits per heavy atom. The van der Waals surface area contributed by atoms with Gasteiger partial charge in [0, 0.05) is 6.42 Å². The van der Waals surface area contributed by atoms with Gasteiger partial charge in [-0.1, -0.05) is 171 Å². The van der Waals surface area contributed by atoms with E-state index in [1.165, 1.54) is 116 Å². The summed E-state index contributed by atoms with van der Waals surface area (Å²) in [6, 6.07) is -0.829. The molecule has 342 valence electrons. The lowest BCUT2D eigenvalue weighted by Crippen LogP contribution is -2.60. The number of aliphatic hydroxyl groups excluding tert-OH is 5. The Kier molecular flexibility index (Phi) is 37.2. The second kappa shape index (κ2) is 40.0. The van der Waals surface area contributed by atoms with Crippen molar-refractivity contribution >= 4 is 5.91 Å². The fourth-order valence-corrected chi connectivity index (χ4v) is 7.16. The summed E-state index contributed by atoms with van der Waals surface area (Å²) in [5.74, 6) is -0.196. The molecule has 1 aliphatic heterocycles. The van der Waals surface area contributed by atoms with Crippen molar-refractivity contribution in [2.45, 2.75) is 236 Å². The van der Waals surface area contributed by atoms with Crippen molar-refractivity contribution in [3.63, 3.8) is 0 Å². The Morgan fingerprint density at radius 2 is 1.02 bits per heavy atom. The van der Waals surface area contributed by atoms with E-state index in [-0.39, 0.29) is 12.5 Å². The topological polar surface area (TPSA) is 149 Å². The number of allylic oxidation sites excluding steroid dienone is 9. The zero-order chi connectivity index (χ0) is 43.0. The lowest BCUT2D eigenvalue weighted by molar-refractivity contribution is -0.302. The molecule has 0 aromatic heterocycles. The minimum atomic E-state index is -1.58. The molecule has 1 amide bonds. The molecule has 1 heterocycles. The van der Waals surface area contributed by atoms with Crippen LogP contribution in [0.15, 0.2) is 60.8 Å². The molecule has 1 saturated heterocycles. The van der Waals surface area contributed by atoms with E-state index >= 15 is 0 Å². The molecule has 0 aliphatic carbocycles. The van der Waals surface area contributed by atoms with Gasteiger partial charge in [0.05, 0.1) is 25.4 Å². The Morgan fingerprint density at radius 1 is 0.576 bits per heavy atom. The number of hydrogen-bond acceptors (Lipinski definition) is 8. The highest BCUT2D eigenvalue weighted by Gasteiger charge is 2.44. The maximum Gasteiger partial charge on any atom is 0.220 e. The predicted octanol–water partition coefficient (Wildman–Crippen LogP) is 10.4. The van der Waals surface area contributed by atoms with Crippen molar-refractivity contribution in [2.75, 3.05) is 13.2 Å². The molecule has 59 heavy (non-hydrogen) atoms. The SMILES string of the molecule is CCCCC/C=C/CC/C=C/CC/C=C/C(O)C(COC1OC(CO)C(O)C(O)C1O)NC(=O)CCCCCCCCCCCCC/C=C\C/C=C\CCCCCCC. The molecular formula is C50H89NO8. The third kappa shape index (κ3) is 30.6. The van der Waals surface area contributed by atoms with Gasteiger partial charge in [-0.05, 0) is 77.0 Å². The van der Waals surface area contributed by atoms with Crippen molar-refractivity contribution in [1.29, 1.82) is 0 Å². The van der Waals surface area contributed by atoms with Gasteiger partial charge < -0.3 is 40.3 Å². The van der Waals surface area contributed by atoms with Crippen LogP contribution < -0.4 is 5.32 Å². The monoisotopic (exact) mass is 832 g/mol. The molecule has 6 N–H and O–H groups in total. The zero-order valence-electron chi connectivity index (χ0n) is 37.5. The Balaban J connectivity index is 2.31. The van der Waals surface area contributed by atoms with E-state index in [1.54, 1.807) is 6.08 Å². The number of carbonyl (C=O) groups is 1. The normalized spacial score (nSPS) is 21.2. The smallest absolute Gasteiger partial charge is 0.220 e. The average Bonchev–Trinajstić information content (AvgIpc) is 3.23. The van der Waals surface area contributed by atoms with Crippen LogP contribution in [0.4, 0.5) is 0 Å². The van der Waals surface area contributed by atoms with Crippen molar-refractivity contribution in [1.82, 2.24) is 5.32 Å². The second-order valence-electron chi connectivity index (χ2n) is 16.5. The van der Waals surface area contributed by atoms with Crippen LogP contribution in [0, 0.1) is 0 Å². The van der Waals surface area contributed by atoms with Crippen LogP contribution in [0.5, 0.6) is 0 Å². The molecule has 0 aromatic rings. The molecule has 0 saturated carbocycles. The molecule has 7 atom stereocenters. The summed E-state index contributed by atoms with van der Waals surface area (Å²) in [6.07, 6.45) is 45.5. The average molecular weight is 832 g/mol. The number of nitrogens with one attached hydrogen (secondary N) is 1. The van der Waals surface area contributed by atoms with Crippen LogP contribution in [-0.2, 0) is 14.3 Å². The first-order valence-electron chi connectivity index (χ1n) is 24.0. The van der Waals surface area contributed by atoms with Crippen molar-refractivity contribution in [3.8, 4) is 0 Å². The van der Waals surface area contributed by atoms with Gasteiger partial charge in [0.25, 0.3) is 0 Å². The molecule has 9 nitrogen and oxygen atoms in total. The van der Waals surface area contributed by atoms with Gasteiger partial charge >= 0.3 is 0 Å². The summed E-state index contributed by atoms with van der Waals surface area (Å²) < 4.78 is 11.2. The third-order valence-corrected chi connectivity index (χ3v) is 11.0. The van der Waals surface area contributed by atoms with Crippen LogP contribution in [0.3, 0.4) is 0 Å². The van der Waals surface area contributed by atoms with Gasteiger partial charge in [0.2, 0.25) is 5.91 Å². The maximum absolute atomic E-state index is 13.0. The van der Waals surface area contributed by atoms with E-state index in [0.717, 1.165) is 57.8 Å². The molecule has 0 aromatic carbocycles. The zero-order valence-corrected chi connectivity index (χ0v) is 37.5. The van der Waals surface area contributed by atoms with Crippen LogP contribution in [-0.4, -0.2) is 87.5 Å². The molecule has 7 unspecified atom stereocenters. The highest BCUT2D eigenvalue weighted by Crippen LogP contribution is 2.22. The predicted molar refractivity (Wildman–Crippen MR) is 244 cm³/mol. The van der Waals surface area contributed by atoms with E-state index in [1.807, 2.05) is 6.08 Å². The Labute approximate surface area is 360 Å². The Bertz CT molecular complexity index is 1100. The summed E-state index contributed by atoms with van der Waals surface area (Å²) in [4.78, 5) is 13.0. The number of hydrogen-bond donors (Lipinski definition) is 6. The first kappa shape index (κ1) is 54.9. The molecule has 1 aliphatic rings. The number of unbranched alkanes of at least 4 members (excludes halogenated alkanes) is 21. The molecule has 1 fully saturated rings. The minimum absolute atomic E-state index is 0.196. The molecule has 9 heteroatoms. The summed E-state index contributed by atoms with van der Waals surface area (Å²) in [5.41, 5.74) is 0. The van der Waals surface area contributed by atoms with E-state index in [2.05, 4.69) is 67.8 Å². The van der Waals surface area contributed by atoms with E-state index in [4.69, 9.17) is 9.47 Å². The molecule has 0 bridgehead atoms. The number of carbonyl (C=O) groups excluding carboxylic acids is 1. The molecular weight excluding hydrogens is 743 g/mol. The lowest BCUT2D eigenvalue weighted by Gasteiger charge is -2.40. The standard InChI is InChI=1S/C50H89NO8/c1-3-5-7-9-11-13-15-17-18-19-20-21-22-23-24-25-26-28-30-32-34-36-38-40-46(54)51-43(42-58-50-49(57)48(56)47(55)45(41-52)59-50)44(53)39-37-35-33-31-29-27-16-14-12-10-8-6-4-2/h12,14-15,17,19-20,29,31,37,39,43-45,47-50,52-53,55-57H,3-11,13,16,18,21-28,30,32-36,38,40-42H2,1-2H3,(H,51,54)/b14-12+,17-15-,20-19-,31-29+,39-37+. The fourth-order valence-electron chi connectivity index (χ4n) is 7.16. The minimum Gasteiger partial charge on any atom is -0.394 e. The first-order chi connectivity index (χ1) is 28.8. The summed E-state index contributed by atoms with van der Waals surface area (Å²) in [5, 5.41) is 54.1. The quantitative estimate of drug-likeness (QED) is 0.0265. The largest absolute Gasteiger partial charge is 0.394 e. The number of amides is 1. The third-order valence-electron chi connectivity index (χ3n) is 11.0. The molecule has 0 radical (unpaired) electrons. The van der Waals surface area contributed by atoms with E-state index in [9.17, 15) is 30.3 Å². The van der Waals surface area contributed by atoms with Crippen molar-refractivity contribution in [3.05, 3.63) is 60.8 Å². The van der Waals surface area contributed by atoms with Gasteiger partial charge in [0.15, 0.2) is 6.29 Å². The van der Waals surface area contributed by atoms with Crippen molar-refractivity contribution < 1.29 is 39.8 Å². The highest BCUT2D eigenvalue weighted by molar-refractivity contribution is 5.76. The van der Waals surface area contributed by atoms with Crippen molar-refractivity contribution in [2.24, 2.45) is 0 Å². The maximum atomic E-state index is 13.0. The summed E-state index contributed by atoms with van der Waals surface area (Å²) >= 11 is 0. The van der Waals surface area contributed by atoms with Gasteiger partial charge in [-0.2, -0.15) is 0 Å². The molecule has 0 spiro atoms. The Hall–Kier alpha value is -2.11. The fraction of sp³-hybridized carbons (Fsp3) is 0.780. The van der Waals surface area contributed by atoms with Crippen LogP contribution in [0.2, 0.25) is 0 Å². The number of ether oxygens (including phenoxy) is 2. The summed E-state index contributed by atoms with van der Waals surface area (Å²) in [6.45, 7) is 3.70. The van der Waals surface area contributed by atoms with Gasteiger partial charge in [-0.25, -0.2) is 0 Å². The molecule has 1 rings (SSSR count). The highest BCUT2D eigenvalue weighted by atomic mass is 16.7. The van der Waals surface area contributed by atoms with Crippen LogP contribution in [0.1, 0.15) is 194 Å². The van der Waals surface area contributed by atoms with E-state index in [0.29, 0.717) is 6.42 Å². The van der Waals surface area contributed by atoms with Crippen LogP contribution >= 0.6 is 0 Å². The van der Waals surface area contributed by atoms with Gasteiger partial charge in [0.1, 0.15) is 24.4 Å². The summed E-state index contributed by atoms with van der Waals surface area (Å²) in [7, 11) is 0. The lowest BCUT2D eigenvalue weighted by atomic mass is 9.99. The van der Waals surface area contributed by atoms with Gasteiger partial charge in [-0.15, -0.1) is 0 Å². The number of rotatable bonds is 39.